The third-order valence-electron chi connectivity index (χ3n) is 4.28. The van der Waals surface area contributed by atoms with E-state index in [4.69, 9.17) is 0 Å². The average Bonchev–Trinajstić information content (AvgIpc) is 2.74. The molecule has 1 aliphatic rings. The average molecular weight is 373 g/mol. The van der Waals surface area contributed by atoms with Crippen molar-refractivity contribution in [1.29, 1.82) is 0 Å². The molecule has 1 saturated heterocycles. The van der Waals surface area contributed by atoms with Crippen molar-refractivity contribution in [3.8, 4) is 0 Å². The van der Waals surface area contributed by atoms with Crippen LogP contribution in [-0.2, 0) is 16.9 Å². The molecule has 2 aromatic rings. The summed E-state index contributed by atoms with van der Waals surface area (Å²) < 4.78 is 0.800. The summed E-state index contributed by atoms with van der Waals surface area (Å²) in [6.07, 6.45) is 0. The summed E-state index contributed by atoms with van der Waals surface area (Å²) in [5.41, 5.74) is 1.72. The lowest BCUT2D eigenvalue weighted by Gasteiger charge is -2.23. The molecule has 2 aromatic carbocycles. The Morgan fingerprint density at radius 3 is 2.43 bits per heavy atom. The number of aryl methyl sites for hydroxylation is 1. The van der Waals surface area contributed by atoms with Gasteiger partial charge in [-0.15, -0.1) is 0 Å². The highest BCUT2D eigenvalue weighted by Crippen LogP contribution is 2.34. The SMILES string of the molecule is Cc1ccccc1CN1C(=O)NC(C)(c2ccccc2Br)C1=O. The van der Waals surface area contributed by atoms with Gasteiger partial charge in [-0.05, 0) is 31.0 Å². The summed E-state index contributed by atoms with van der Waals surface area (Å²) in [5, 5.41) is 2.83. The second kappa shape index (κ2) is 5.81. The third-order valence-corrected chi connectivity index (χ3v) is 4.97. The number of urea groups is 1. The van der Waals surface area contributed by atoms with Gasteiger partial charge < -0.3 is 5.32 Å². The maximum Gasteiger partial charge on any atom is 0.325 e. The van der Waals surface area contributed by atoms with Crippen molar-refractivity contribution in [3.05, 3.63) is 69.7 Å². The molecule has 1 fully saturated rings. The maximum absolute atomic E-state index is 12.9. The normalized spacial score (nSPS) is 20.7. The second-order valence-electron chi connectivity index (χ2n) is 5.85. The van der Waals surface area contributed by atoms with E-state index >= 15 is 0 Å². The predicted molar refractivity (Wildman–Crippen MR) is 91.8 cm³/mol. The zero-order valence-electron chi connectivity index (χ0n) is 13.0. The highest BCUT2D eigenvalue weighted by Gasteiger charge is 2.49. The Morgan fingerprint density at radius 2 is 1.74 bits per heavy atom. The van der Waals surface area contributed by atoms with Crippen LogP contribution < -0.4 is 5.32 Å². The molecule has 0 aliphatic carbocycles. The van der Waals surface area contributed by atoms with Crippen LogP contribution in [0.15, 0.2) is 53.0 Å². The Bertz CT molecular complexity index is 790. The van der Waals surface area contributed by atoms with Crippen molar-refractivity contribution in [1.82, 2.24) is 10.2 Å². The summed E-state index contributed by atoms with van der Waals surface area (Å²) in [6, 6.07) is 14.8. The Morgan fingerprint density at radius 1 is 1.09 bits per heavy atom. The number of carbonyl (C=O) groups excluding carboxylic acids is 2. The minimum atomic E-state index is -1.06. The van der Waals surface area contributed by atoms with Crippen molar-refractivity contribution in [2.24, 2.45) is 0 Å². The van der Waals surface area contributed by atoms with Crippen molar-refractivity contribution in [2.75, 3.05) is 0 Å². The molecule has 0 bridgehead atoms. The molecule has 1 atom stereocenters. The zero-order chi connectivity index (χ0) is 16.6. The Labute approximate surface area is 143 Å². The Hall–Kier alpha value is -2.14. The molecule has 3 amide bonds. The molecular weight excluding hydrogens is 356 g/mol. The van der Waals surface area contributed by atoms with Crippen LogP contribution >= 0.6 is 15.9 Å². The first-order valence-electron chi connectivity index (χ1n) is 7.37. The maximum atomic E-state index is 12.9. The predicted octanol–water partition coefficient (Wildman–Crippen LogP) is 3.72. The summed E-state index contributed by atoms with van der Waals surface area (Å²) in [6.45, 7) is 3.99. The zero-order valence-corrected chi connectivity index (χ0v) is 14.6. The first kappa shape index (κ1) is 15.7. The standard InChI is InChI=1S/C18H17BrN2O2/c1-12-7-3-4-8-13(12)11-21-16(22)18(2,20-17(21)23)14-9-5-6-10-15(14)19/h3-10H,11H2,1-2H3,(H,20,23). The molecule has 1 N–H and O–H groups in total. The van der Waals surface area contributed by atoms with E-state index < -0.39 is 5.54 Å². The molecule has 3 rings (SSSR count). The fraction of sp³-hybridized carbons (Fsp3) is 0.222. The summed E-state index contributed by atoms with van der Waals surface area (Å²) in [4.78, 5) is 26.6. The van der Waals surface area contributed by atoms with Crippen LogP contribution in [0.5, 0.6) is 0 Å². The first-order valence-corrected chi connectivity index (χ1v) is 8.16. The Kier molecular flexibility index (Phi) is 3.98. The van der Waals surface area contributed by atoms with Crippen LogP contribution in [-0.4, -0.2) is 16.8 Å². The van der Waals surface area contributed by atoms with Crippen LogP contribution in [0.4, 0.5) is 4.79 Å². The van der Waals surface area contributed by atoms with Gasteiger partial charge in [0.05, 0.1) is 6.54 Å². The van der Waals surface area contributed by atoms with Crippen LogP contribution in [0, 0.1) is 6.92 Å². The quantitative estimate of drug-likeness (QED) is 0.834. The van der Waals surface area contributed by atoms with Crippen LogP contribution in [0.1, 0.15) is 23.6 Å². The lowest BCUT2D eigenvalue weighted by Crippen LogP contribution is -2.41. The van der Waals surface area contributed by atoms with Gasteiger partial charge in [0, 0.05) is 10.0 Å². The van der Waals surface area contributed by atoms with Gasteiger partial charge in [0.1, 0.15) is 5.54 Å². The number of imide groups is 1. The minimum Gasteiger partial charge on any atom is -0.319 e. The molecule has 0 radical (unpaired) electrons. The second-order valence-corrected chi connectivity index (χ2v) is 6.71. The van der Waals surface area contributed by atoms with Crippen LogP contribution in [0.25, 0.3) is 0 Å². The van der Waals surface area contributed by atoms with Crippen molar-refractivity contribution in [3.63, 3.8) is 0 Å². The number of carbonyl (C=O) groups is 2. The van der Waals surface area contributed by atoms with Crippen molar-refractivity contribution in [2.45, 2.75) is 25.9 Å². The smallest absolute Gasteiger partial charge is 0.319 e. The van der Waals surface area contributed by atoms with Gasteiger partial charge in [0.15, 0.2) is 0 Å². The summed E-state index contributed by atoms with van der Waals surface area (Å²) >= 11 is 3.47. The van der Waals surface area contributed by atoms with E-state index in [2.05, 4.69) is 21.2 Å². The number of benzene rings is 2. The molecule has 0 saturated carbocycles. The molecule has 0 spiro atoms. The van der Waals surface area contributed by atoms with E-state index in [-0.39, 0.29) is 18.5 Å². The molecule has 1 unspecified atom stereocenters. The topological polar surface area (TPSA) is 49.4 Å². The highest BCUT2D eigenvalue weighted by atomic mass is 79.9. The summed E-state index contributed by atoms with van der Waals surface area (Å²) in [7, 11) is 0. The van der Waals surface area contributed by atoms with Crippen LogP contribution in [0.3, 0.4) is 0 Å². The van der Waals surface area contributed by atoms with Gasteiger partial charge >= 0.3 is 6.03 Å². The fourth-order valence-corrected chi connectivity index (χ4v) is 3.53. The van der Waals surface area contributed by atoms with E-state index in [0.717, 1.165) is 21.2 Å². The largest absolute Gasteiger partial charge is 0.325 e. The highest BCUT2D eigenvalue weighted by molar-refractivity contribution is 9.10. The Balaban J connectivity index is 1.94. The van der Waals surface area contributed by atoms with Gasteiger partial charge in [0.2, 0.25) is 0 Å². The molecule has 5 heteroatoms. The number of hydrogen-bond acceptors (Lipinski definition) is 2. The first-order chi connectivity index (χ1) is 10.9. The third kappa shape index (κ3) is 2.65. The molecule has 1 heterocycles. The van der Waals surface area contributed by atoms with E-state index in [1.165, 1.54) is 4.90 Å². The minimum absolute atomic E-state index is 0.238. The van der Waals surface area contributed by atoms with Gasteiger partial charge in [-0.1, -0.05) is 58.4 Å². The van der Waals surface area contributed by atoms with E-state index in [9.17, 15) is 9.59 Å². The lowest BCUT2D eigenvalue weighted by atomic mass is 9.92. The molecule has 0 aromatic heterocycles. The van der Waals surface area contributed by atoms with Gasteiger partial charge in [0.25, 0.3) is 5.91 Å². The lowest BCUT2D eigenvalue weighted by molar-refractivity contribution is -0.131. The number of amides is 3. The van der Waals surface area contributed by atoms with Gasteiger partial charge in [-0.25, -0.2) is 4.79 Å². The van der Waals surface area contributed by atoms with Crippen LogP contribution in [0.2, 0.25) is 0 Å². The van der Waals surface area contributed by atoms with Gasteiger partial charge in [-0.3, -0.25) is 9.69 Å². The number of nitrogens with one attached hydrogen (secondary N) is 1. The number of hydrogen-bond donors (Lipinski definition) is 1. The molecular formula is C18H17BrN2O2. The molecule has 1 aliphatic heterocycles. The molecule has 23 heavy (non-hydrogen) atoms. The van der Waals surface area contributed by atoms with E-state index in [0.29, 0.717) is 0 Å². The van der Waals surface area contributed by atoms with Crippen molar-refractivity contribution < 1.29 is 9.59 Å². The monoisotopic (exact) mass is 372 g/mol. The fourth-order valence-electron chi connectivity index (χ4n) is 2.85. The summed E-state index contributed by atoms with van der Waals surface area (Å²) in [5.74, 6) is -0.238. The van der Waals surface area contributed by atoms with Crippen molar-refractivity contribution >= 4 is 27.9 Å². The van der Waals surface area contributed by atoms with E-state index in [1.54, 1.807) is 6.92 Å². The van der Waals surface area contributed by atoms with E-state index in [1.807, 2.05) is 55.5 Å². The molecule has 4 nitrogen and oxygen atoms in total. The van der Waals surface area contributed by atoms with Gasteiger partial charge in [-0.2, -0.15) is 0 Å². The number of halogens is 1. The number of nitrogens with zero attached hydrogens (tertiary/aromatic N) is 1. The number of rotatable bonds is 3. The molecule has 118 valence electrons.